The lowest BCUT2D eigenvalue weighted by molar-refractivity contribution is -0.137. The summed E-state index contributed by atoms with van der Waals surface area (Å²) in [5.74, 6) is -0.832. The zero-order chi connectivity index (χ0) is 17.1. The number of hydrogen-bond donors (Lipinski definition) is 1. The zero-order valence-electron chi connectivity index (χ0n) is 13.8. The summed E-state index contributed by atoms with van der Waals surface area (Å²) in [6.45, 7) is 9.47. The van der Waals surface area contributed by atoms with Crippen LogP contribution in [0.3, 0.4) is 0 Å². The average molecular weight is 331 g/mol. The number of sulfonamides is 1. The summed E-state index contributed by atoms with van der Waals surface area (Å²) in [5.41, 5.74) is 0.960. The molecule has 1 N–H and O–H groups in total. The van der Waals surface area contributed by atoms with Crippen LogP contribution in [0.25, 0.3) is 0 Å². The lowest BCUT2D eigenvalue weighted by atomic mass is 10.2. The Morgan fingerprint density at radius 3 is 2.41 bits per heavy atom. The van der Waals surface area contributed by atoms with Crippen molar-refractivity contribution in [3.05, 3.63) is 11.4 Å². The van der Waals surface area contributed by atoms with Crippen molar-refractivity contribution in [1.29, 1.82) is 0 Å². The minimum absolute atomic E-state index is 0.128. The van der Waals surface area contributed by atoms with E-state index in [-0.39, 0.29) is 11.4 Å². The first-order valence-corrected chi connectivity index (χ1v) is 8.81. The van der Waals surface area contributed by atoms with E-state index in [1.165, 1.54) is 0 Å². The number of aromatic nitrogens is 2. The maximum absolute atomic E-state index is 12.8. The van der Waals surface area contributed by atoms with Crippen molar-refractivity contribution in [2.24, 2.45) is 5.92 Å². The number of nitrogens with zero attached hydrogens (tertiary/aromatic N) is 3. The lowest BCUT2D eigenvalue weighted by Gasteiger charge is -2.20. The minimum atomic E-state index is -3.87. The smallest absolute Gasteiger partial charge is 0.318 e. The van der Waals surface area contributed by atoms with Gasteiger partial charge in [-0.2, -0.15) is 9.40 Å². The molecule has 126 valence electrons. The van der Waals surface area contributed by atoms with Crippen LogP contribution in [0.1, 0.15) is 38.6 Å². The van der Waals surface area contributed by atoms with E-state index in [0.717, 1.165) is 4.31 Å². The highest BCUT2D eigenvalue weighted by atomic mass is 32.2. The molecule has 0 bridgehead atoms. The highest BCUT2D eigenvalue weighted by molar-refractivity contribution is 7.89. The van der Waals surface area contributed by atoms with E-state index in [2.05, 4.69) is 5.10 Å². The van der Waals surface area contributed by atoms with E-state index in [9.17, 15) is 13.2 Å². The van der Waals surface area contributed by atoms with E-state index >= 15 is 0 Å². The highest BCUT2D eigenvalue weighted by Gasteiger charge is 2.31. The second-order valence-corrected chi connectivity index (χ2v) is 7.68. The Morgan fingerprint density at radius 1 is 1.36 bits per heavy atom. The first-order chi connectivity index (χ1) is 10.1. The topological polar surface area (TPSA) is 92.5 Å². The number of hydrogen-bond acceptors (Lipinski definition) is 4. The molecule has 0 aliphatic carbocycles. The maximum Gasteiger partial charge on any atom is 0.318 e. The molecule has 0 amide bonds. The largest absolute Gasteiger partial charge is 0.480 e. The molecule has 0 saturated heterocycles. The summed E-state index contributed by atoms with van der Waals surface area (Å²) < 4.78 is 28.3. The quantitative estimate of drug-likeness (QED) is 0.782. The van der Waals surface area contributed by atoms with Gasteiger partial charge in [-0.15, -0.1) is 0 Å². The molecule has 0 unspecified atom stereocenters. The molecular formula is C14H25N3O4S. The van der Waals surface area contributed by atoms with Gasteiger partial charge in [0, 0.05) is 13.1 Å². The van der Waals surface area contributed by atoms with Gasteiger partial charge in [-0.3, -0.25) is 9.48 Å². The van der Waals surface area contributed by atoms with Gasteiger partial charge in [0.25, 0.3) is 0 Å². The summed E-state index contributed by atoms with van der Waals surface area (Å²) in [7, 11) is -3.87. The number of carboxylic acid groups (broad SMARTS) is 1. The first-order valence-electron chi connectivity index (χ1n) is 7.37. The predicted molar refractivity (Wildman–Crippen MR) is 83.2 cm³/mol. The van der Waals surface area contributed by atoms with Crippen LogP contribution < -0.4 is 0 Å². The molecule has 8 heteroatoms. The predicted octanol–water partition coefficient (Wildman–Crippen LogP) is 1.64. The van der Waals surface area contributed by atoms with Crippen molar-refractivity contribution in [3.63, 3.8) is 0 Å². The Labute approximate surface area is 132 Å². The zero-order valence-corrected chi connectivity index (χ0v) is 14.6. The van der Waals surface area contributed by atoms with E-state index in [4.69, 9.17) is 5.11 Å². The van der Waals surface area contributed by atoms with Gasteiger partial charge in [0.15, 0.2) is 0 Å². The molecule has 0 atom stereocenters. The third-order valence-corrected chi connectivity index (χ3v) is 5.33. The van der Waals surface area contributed by atoms with Gasteiger partial charge in [-0.05, 0) is 26.2 Å². The molecule has 1 heterocycles. The molecule has 1 rings (SSSR count). The molecule has 0 spiro atoms. The normalized spacial score (nSPS) is 12.3. The summed E-state index contributed by atoms with van der Waals surface area (Å²) >= 11 is 0. The van der Waals surface area contributed by atoms with Crippen LogP contribution in [0.15, 0.2) is 4.90 Å². The number of rotatable bonds is 8. The molecule has 0 aliphatic rings. The third kappa shape index (κ3) is 4.07. The SMILES string of the molecule is CCCN(CC(=O)O)S(=O)(=O)c1c(C)nn(CC(C)C)c1C. The van der Waals surface area contributed by atoms with Gasteiger partial charge in [-0.25, -0.2) is 8.42 Å². The second-order valence-electron chi connectivity index (χ2n) is 5.81. The maximum atomic E-state index is 12.8. The number of carboxylic acids is 1. The third-order valence-electron chi connectivity index (χ3n) is 3.24. The fourth-order valence-corrected chi connectivity index (χ4v) is 4.25. The van der Waals surface area contributed by atoms with Crippen LogP contribution >= 0.6 is 0 Å². The highest BCUT2D eigenvalue weighted by Crippen LogP contribution is 2.24. The molecule has 0 fully saturated rings. The van der Waals surface area contributed by atoms with Crippen molar-refractivity contribution in [1.82, 2.24) is 14.1 Å². The molecule has 22 heavy (non-hydrogen) atoms. The molecule has 7 nitrogen and oxygen atoms in total. The summed E-state index contributed by atoms with van der Waals surface area (Å²) in [6, 6.07) is 0. The van der Waals surface area contributed by atoms with Gasteiger partial charge in [-0.1, -0.05) is 20.8 Å². The Kier molecular flexibility index (Phi) is 6.13. The average Bonchev–Trinajstić information content (AvgIpc) is 2.62. The first kappa shape index (κ1) is 18.6. The monoisotopic (exact) mass is 331 g/mol. The van der Waals surface area contributed by atoms with Crippen LogP contribution in [0.5, 0.6) is 0 Å². The molecule has 1 aromatic heterocycles. The summed E-state index contributed by atoms with van der Waals surface area (Å²) in [6.07, 6.45) is 0.546. The Hall–Kier alpha value is -1.41. The minimum Gasteiger partial charge on any atom is -0.480 e. The number of carbonyl (C=O) groups is 1. The lowest BCUT2D eigenvalue weighted by Crippen LogP contribution is -2.36. The van der Waals surface area contributed by atoms with E-state index in [0.29, 0.717) is 30.3 Å². The standard InChI is InChI=1S/C14H25N3O4S/c1-6-7-16(9-13(18)19)22(20,21)14-11(4)15-17(12(14)5)8-10(2)3/h10H,6-9H2,1-5H3,(H,18,19). The van der Waals surface area contributed by atoms with E-state index in [1.54, 1.807) is 18.5 Å². The van der Waals surface area contributed by atoms with Crippen molar-refractivity contribution in [2.45, 2.75) is 52.5 Å². The van der Waals surface area contributed by atoms with E-state index < -0.39 is 22.5 Å². The van der Waals surface area contributed by atoms with Gasteiger partial charge in [0.1, 0.15) is 11.4 Å². The van der Waals surface area contributed by atoms with Crippen LogP contribution in [0.2, 0.25) is 0 Å². The second kappa shape index (κ2) is 7.23. The molecular weight excluding hydrogens is 306 g/mol. The summed E-state index contributed by atoms with van der Waals surface area (Å²) in [5, 5.41) is 13.3. The molecule has 0 radical (unpaired) electrons. The Bertz CT molecular complexity index is 635. The Morgan fingerprint density at radius 2 is 1.95 bits per heavy atom. The number of aryl methyl sites for hydroxylation is 1. The molecule has 0 aliphatic heterocycles. The molecule has 1 aromatic rings. The fraction of sp³-hybridized carbons (Fsp3) is 0.714. The van der Waals surface area contributed by atoms with Crippen molar-refractivity contribution >= 4 is 16.0 Å². The van der Waals surface area contributed by atoms with Gasteiger partial charge in [0.2, 0.25) is 10.0 Å². The van der Waals surface area contributed by atoms with Gasteiger partial charge in [0.05, 0.1) is 11.4 Å². The van der Waals surface area contributed by atoms with Gasteiger partial charge < -0.3 is 5.11 Å². The molecule has 0 aromatic carbocycles. The van der Waals surface area contributed by atoms with Crippen LogP contribution in [0, 0.1) is 19.8 Å². The van der Waals surface area contributed by atoms with Crippen LogP contribution in [-0.4, -0.2) is 46.7 Å². The van der Waals surface area contributed by atoms with E-state index in [1.807, 2.05) is 20.8 Å². The van der Waals surface area contributed by atoms with Crippen molar-refractivity contribution in [3.8, 4) is 0 Å². The number of aliphatic carboxylic acids is 1. The van der Waals surface area contributed by atoms with Crippen molar-refractivity contribution in [2.75, 3.05) is 13.1 Å². The van der Waals surface area contributed by atoms with Crippen molar-refractivity contribution < 1.29 is 18.3 Å². The van der Waals surface area contributed by atoms with Crippen LogP contribution in [-0.2, 0) is 21.4 Å². The van der Waals surface area contributed by atoms with Crippen LogP contribution in [0.4, 0.5) is 0 Å². The molecule has 0 saturated carbocycles. The summed E-state index contributed by atoms with van der Waals surface area (Å²) in [4.78, 5) is 11.1. The Balaban J connectivity index is 3.31. The fourth-order valence-electron chi connectivity index (χ4n) is 2.39. The van der Waals surface area contributed by atoms with Gasteiger partial charge >= 0.3 is 5.97 Å².